The minimum absolute atomic E-state index is 0.900. The van der Waals surface area contributed by atoms with E-state index in [1.807, 2.05) is 12.1 Å². The zero-order chi connectivity index (χ0) is 15.6. The Morgan fingerprint density at radius 3 is 1.83 bits per heavy atom. The summed E-state index contributed by atoms with van der Waals surface area (Å²) in [4.78, 5) is 0. The Bertz CT molecular complexity index is 914. The van der Waals surface area contributed by atoms with Crippen LogP contribution in [0.4, 0.5) is 0 Å². The van der Waals surface area contributed by atoms with Crippen molar-refractivity contribution in [1.29, 1.82) is 0 Å². The molecule has 0 N–H and O–H groups in total. The molecule has 1 nitrogen and oxygen atoms in total. The van der Waals surface area contributed by atoms with Gasteiger partial charge in [-0.05, 0) is 57.3 Å². The molecule has 0 unspecified atom stereocenters. The SMILES string of the molecule is COc1ccc(Cc2c3ccccc3cc3ccccc23)cc1. The minimum Gasteiger partial charge on any atom is -0.497 e. The Kier molecular flexibility index (Phi) is 3.47. The molecule has 0 bridgehead atoms. The third-order valence-corrected chi connectivity index (χ3v) is 4.42. The first-order valence-electron chi connectivity index (χ1n) is 7.87. The molecule has 0 saturated carbocycles. The van der Waals surface area contributed by atoms with Gasteiger partial charge in [0.15, 0.2) is 0 Å². The molecular weight excluding hydrogens is 280 g/mol. The lowest BCUT2D eigenvalue weighted by Gasteiger charge is -2.12. The average Bonchev–Trinajstić information content (AvgIpc) is 2.62. The van der Waals surface area contributed by atoms with Crippen molar-refractivity contribution in [3.05, 3.63) is 90.0 Å². The second-order valence-electron chi connectivity index (χ2n) is 5.82. The number of hydrogen-bond donors (Lipinski definition) is 0. The van der Waals surface area contributed by atoms with Crippen LogP contribution in [0.5, 0.6) is 5.75 Å². The summed E-state index contributed by atoms with van der Waals surface area (Å²) in [5.74, 6) is 0.900. The minimum atomic E-state index is 0.900. The van der Waals surface area contributed by atoms with Crippen LogP contribution in [-0.4, -0.2) is 7.11 Å². The van der Waals surface area contributed by atoms with E-state index in [0.29, 0.717) is 0 Å². The van der Waals surface area contributed by atoms with E-state index in [-0.39, 0.29) is 0 Å². The lowest BCUT2D eigenvalue weighted by molar-refractivity contribution is 0.414. The lowest BCUT2D eigenvalue weighted by Crippen LogP contribution is -1.93. The normalized spacial score (nSPS) is 11.0. The fraction of sp³-hybridized carbons (Fsp3) is 0.0909. The molecule has 0 aliphatic carbocycles. The van der Waals surface area contributed by atoms with E-state index in [2.05, 4.69) is 66.7 Å². The van der Waals surface area contributed by atoms with Gasteiger partial charge in [-0.25, -0.2) is 0 Å². The van der Waals surface area contributed by atoms with Gasteiger partial charge < -0.3 is 4.74 Å². The molecule has 0 aliphatic rings. The maximum atomic E-state index is 5.26. The Hall–Kier alpha value is -2.80. The second kappa shape index (κ2) is 5.77. The quantitative estimate of drug-likeness (QED) is 0.448. The summed E-state index contributed by atoms with van der Waals surface area (Å²) in [5.41, 5.74) is 2.69. The maximum Gasteiger partial charge on any atom is 0.118 e. The largest absolute Gasteiger partial charge is 0.497 e. The van der Waals surface area contributed by atoms with E-state index in [1.54, 1.807) is 7.11 Å². The Labute approximate surface area is 136 Å². The van der Waals surface area contributed by atoms with Gasteiger partial charge in [0.2, 0.25) is 0 Å². The van der Waals surface area contributed by atoms with Crippen molar-refractivity contribution >= 4 is 21.5 Å². The molecule has 0 aliphatic heterocycles. The first-order valence-corrected chi connectivity index (χ1v) is 7.87. The fourth-order valence-electron chi connectivity index (χ4n) is 3.25. The van der Waals surface area contributed by atoms with Gasteiger partial charge in [0, 0.05) is 0 Å². The van der Waals surface area contributed by atoms with Gasteiger partial charge in [-0.1, -0.05) is 60.7 Å². The third-order valence-electron chi connectivity index (χ3n) is 4.42. The van der Waals surface area contributed by atoms with Crippen molar-refractivity contribution in [3.8, 4) is 5.75 Å². The monoisotopic (exact) mass is 298 g/mol. The molecule has 23 heavy (non-hydrogen) atoms. The zero-order valence-corrected chi connectivity index (χ0v) is 13.1. The Balaban J connectivity index is 1.91. The maximum absolute atomic E-state index is 5.26. The molecule has 0 heterocycles. The van der Waals surface area contributed by atoms with E-state index >= 15 is 0 Å². The predicted molar refractivity (Wildman–Crippen MR) is 97.3 cm³/mol. The molecule has 4 aromatic rings. The van der Waals surface area contributed by atoms with Crippen molar-refractivity contribution in [3.63, 3.8) is 0 Å². The number of methoxy groups -OCH3 is 1. The number of fused-ring (bicyclic) bond motifs is 2. The predicted octanol–water partition coefficient (Wildman–Crippen LogP) is 5.59. The average molecular weight is 298 g/mol. The molecule has 0 aromatic heterocycles. The van der Waals surface area contributed by atoms with Crippen LogP contribution >= 0.6 is 0 Å². The van der Waals surface area contributed by atoms with Crippen LogP contribution in [0.1, 0.15) is 11.1 Å². The smallest absolute Gasteiger partial charge is 0.118 e. The van der Waals surface area contributed by atoms with Crippen LogP contribution in [0, 0.1) is 0 Å². The van der Waals surface area contributed by atoms with Gasteiger partial charge in [-0.2, -0.15) is 0 Å². The number of rotatable bonds is 3. The fourth-order valence-corrected chi connectivity index (χ4v) is 3.25. The first-order chi connectivity index (χ1) is 11.3. The van der Waals surface area contributed by atoms with Crippen LogP contribution in [0.25, 0.3) is 21.5 Å². The van der Waals surface area contributed by atoms with E-state index < -0.39 is 0 Å². The highest BCUT2D eigenvalue weighted by Crippen LogP contribution is 2.30. The van der Waals surface area contributed by atoms with Gasteiger partial charge >= 0.3 is 0 Å². The van der Waals surface area contributed by atoms with Gasteiger partial charge in [0.25, 0.3) is 0 Å². The summed E-state index contributed by atoms with van der Waals surface area (Å²) < 4.78 is 5.26. The van der Waals surface area contributed by atoms with Crippen LogP contribution < -0.4 is 4.74 Å². The Morgan fingerprint density at radius 1 is 0.696 bits per heavy atom. The molecular formula is C22H18O. The van der Waals surface area contributed by atoms with Gasteiger partial charge in [-0.15, -0.1) is 0 Å². The van der Waals surface area contributed by atoms with E-state index in [4.69, 9.17) is 4.74 Å². The number of hydrogen-bond acceptors (Lipinski definition) is 1. The number of benzene rings is 4. The molecule has 4 rings (SSSR count). The van der Waals surface area contributed by atoms with Gasteiger partial charge in [0.05, 0.1) is 7.11 Å². The first kappa shape index (κ1) is 13.8. The van der Waals surface area contributed by atoms with Crippen molar-refractivity contribution in [1.82, 2.24) is 0 Å². The van der Waals surface area contributed by atoms with Crippen LogP contribution in [0.2, 0.25) is 0 Å². The summed E-state index contributed by atoms with van der Waals surface area (Å²) in [6.45, 7) is 0. The highest BCUT2D eigenvalue weighted by atomic mass is 16.5. The second-order valence-corrected chi connectivity index (χ2v) is 5.82. The zero-order valence-electron chi connectivity index (χ0n) is 13.1. The Morgan fingerprint density at radius 2 is 1.26 bits per heavy atom. The summed E-state index contributed by atoms with van der Waals surface area (Å²) in [5, 5.41) is 5.27. The summed E-state index contributed by atoms with van der Waals surface area (Å²) >= 11 is 0. The molecule has 1 heteroatoms. The molecule has 0 radical (unpaired) electrons. The molecule has 0 fully saturated rings. The van der Waals surface area contributed by atoms with Crippen molar-refractivity contribution in [2.24, 2.45) is 0 Å². The summed E-state index contributed by atoms with van der Waals surface area (Å²) in [6, 6.07) is 27.9. The van der Waals surface area contributed by atoms with Gasteiger partial charge in [0.1, 0.15) is 5.75 Å². The highest BCUT2D eigenvalue weighted by molar-refractivity contribution is 6.02. The van der Waals surface area contributed by atoms with E-state index in [1.165, 1.54) is 32.7 Å². The van der Waals surface area contributed by atoms with Crippen LogP contribution in [-0.2, 0) is 6.42 Å². The molecule has 0 amide bonds. The standard InChI is InChI=1S/C22H18O/c1-23-19-12-10-16(11-13-19)14-22-20-8-4-2-6-17(20)15-18-7-3-5-9-21(18)22/h2-13,15H,14H2,1H3. The molecule has 0 saturated heterocycles. The third kappa shape index (κ3) is 2.55. The van der Waals surface area contributed by atoms with Crippen LogP contribution in [0.15, 0.2) is 78.9 Å². The van der Waals surface area contributed by atoms with Gasteiger partial charge in [-0.3, -0.25) is 0 Å². The summed E-state index contributed by atoms with van der Waals surface area (Å²) in [6.07, 6.45) is 0.922. The molecule has 4 aromatic carbocycles. The van der Waals surface area contributed by atoms with Crippen molar-refractivity contribution < 1.29 is 4.74 Å². The van der Waals surface area contributed by atoms with E-state index in [9.17, 15) is 0 Å². The van der Waals surface area contributed by atoms with Crippen LogP contribution in [0.3, 0.4) is 0 Å². The summed E-state index contributed by atoms with van der Waals surface area (Å²) in [7, 11) is 1.70. The van der Waals surface area contributed by atoms with Crippen molar-refractivity contribution in [2.45, 2.75) is 6.42 Å². The lowest BCUT2D eigenvalue weighted by atomic mass is 9.92. The molecule has 112 valence electrons. The highest BCUT2D eigenvalue weighted by Gasteiger charge is 2.08. The van der Waals surface area contributed by atoms with Crippen molar-refractivity contribution in [2.75, 3.05) is 7.11 Å². The number of ether oxygens (including phenoxy) is 1. The van der Waals surface area contributed by atoms with E-state index in [0.717, 1.165) is 12.2 Å². The molecule has 0 atom stereocenters. The topological polar surface area (TPSA) is 9.23 Å². The molecule has 0 spiro atoms.